The van der Waals surface area contributed by atoms with E-state index in [1.165, 1.54) is 6.07 Å². The second kappa shape index (κ2) is 10.8. The quantitative estimate of drug-likeness (QED) is 0.605. The Morgan fingerprint density at radius 1 is 0.857 bits per heavy atom. The van der Waals surface area contributed by atoms with Gasteiger partial charge in [0.15, 0.2) is 13.2 Å². The molecule has 2 aromatic rings. The summed E-state index contributed by atoms with van der Waals surface area (Å²) in [6, 6.07) is 10.4. The summed E-state index contributed by atoms with van der Waals surface area (Å²) in [4.78, 5) is 23.6. The average molecular weight is 425 g/mol. The van der Waals surface area contributed by atoms with Crippen LogP contribution in [0.1, 0.15) is 11.1 Å². The van der Waals surface area contributed by atoms with E-state index in [1.807, 2.05) is 32.0 Å². The van der Waals surface area contributed by atoms with Crippen molar-refractivity contribution in [3.05, 3.63) is 57.6 Å². The predicted octanol–water partition coefficient (Wildman–Crippen LogP) is 3.30. The summed E-state index contributed by atoms with van der Waals surface area (Å²) in [5.74, 6) is 0.422. The molecule has 0 aliphatic rings. The van der Waals surface area contributed by atoms with Gasteiger partial charge in [0.25, 0.3) is 11.8 Å². The Labute approximate surface area is 174 Å². The highest BCUT2D eigenvalue weighted by Crippen LogP contribution is 2.27. The number of rotatable bonds is 9. The Kier molecular flexibility index (Phi) is 8.42. The van der Waals surface area contributed by atoms with Crippen LogP contribution >= 0.6 is 23.2 Å². The lowest BCUT2D eigenvalue weighted by Gasteiger charge is -2.10. The fourth-order valence-electron chi connectivity index (χ4n) is 2.19. The third-order valence-electron chi connectivity index (χ3n) is 3.87. The number of hydrogen-bond acceptors (Lipinski definition) is 4. The van der Waals surface area contributed by atoms with Crippen LogP contribution in [0.3, 0.4) is 0 Å². The number of nitrogens with one attached hydrogen (secondary N) is 2. The third-order valence-corrected chi connectivity index (χ3v) is 4.40. The van der Waals surface area contributed by atoms with Crippen molar-refractivity contribution in [2.75, 3.05) is 26.3 Å². The summed E-state index contributed by atoms with van der Waals surface area (Å²) in [5.41, 5.74) is 2.26. The van der Waals surface area contributed by atoms with Gasteiger partial charge in [-0.2, -0.15) is 0 Å². The number of ether oxygens (including phenoxy) is 2. The van der Waals surface area contributed by atoms with Gasteiger partial charge in [-0.25, -0.2) is 0 Å². The summed E-state index contributed by atoms with van der Waals surface area (Å²) in [6.45, 7) is 4.26. The fourth-order valence-corrected chi connectivity index (χ4v) is 2.66. The van der Waals surface area contributed by atoms with Gasteiger partial charge in [0.2, 0.25) is 0 Å². The van der Waals surface area contributed by atoms with E-state index in [4.69, 9.17) is 32.7 Å². The minimum atomic E-state index is -0.327. The van der Waals surface area contributed by atoms with Gasteiger partial charge in [0.05, 0.1) is 5.02 Å². The second-order valence-electron chi connectivity index (χ2n) is 6.10. The van der Waals surface area contributed by atoms with Gasteiger partial charge in [-0.05, 0) is 55.3 Å². The largest absolute Gasteiger partial charge is 0.484 e. The highest BCUT2D eigenvalue weighted by molar-refractivity contribution is 6.35. The molecule has 0 unspecified atom stereocenters. The van der Waals surface area contributed by atoms with Crippen LogP contribution < -0.4 is 20.1 Å². The topological polar surface area (TPSA) is 76.7 Å². The van der Waals surface area contributed by atoms with Crippen LogP contribution in [0.2, 0.25) is 10.0 Å². The molecule has 2 amide bonds. The molecule has 2 rings (SSSR count). The first-order valence-electron chi connectivity index (χ1n) is 8.66. The molecule has 0 aliphatic heterocycles. The van der Waals surface area contributed by atoms with Gasteiger partial charge >= 0.3 is 0 Å². The molecule has 150 valence electrons. The van der Waals surface area contributed by atoms with E-state index in [0.29, 0.717) is 21.5 Å². The maximum Gasteiger partial charge on any atom is 0.258 e. The molecule has 0 fully saturated rings. The maximum absolute atomic E-state index is 11.8. The lowest BCUT2D eigenvalue weighted by molar-refractivity contribution is -0.124. The lowest BCUT2D eigenvalue weighted by atomic mass is 10.1. The van der Waals surface area contributed by atoms with Crippen molar-refractivity contribution in [1.82, 2.24) is 10.6 Å². The smallest absolute Gasteiger partial charge is 0.258 e. The van der Waals surface area contributed by atoms with Crippen molar-refractivity contribution >= 4 is 35.0 Å². The molecule has 2 N–H and O–H groups in total. The number of carbonyl (C=O) groups excluding carboxylic acids is 2. The normalized spacial score (nSPS) is 10.3. The standard InChI is InChI=1S/C20H22Cl2N2O4/c1-13-3-5-16(9-14(13)2)27-11-19(25)23-7-8-24-20(26)12-28-18-6-4-15(21)10-17(18)22/h3-6,9-10H,7-8,11-12H2,1-2H3,(H,23,25)(H,24,26). The van der Waals surface area contributed by atoms with Crippen molar-refractivity contribution in [2.45, 2.75) is 13.8 Å². The number of amides is 2. The molecule has 0 radical (unpaired) electrons. The lowest BCUT2D eigenvalue weighted by Crippen LogP contribution is -2.38. The molecule has 0 aromatic heterocycles. The van der Waals surface area contributed by atoms with Crippen LogP contribution in [-0.4, -0.2) is 38.1 Å². The first kappa shape index (κ1) is 21.9. The number of carbonyl (C=O) groups is 2. The van der Waals surface area contributed by atoms with Crippen molar-refractivity contribution in [3.8, 4) is 11.5 Å². The molecule has 8 heteroatoms. The van der Waals surface area contributed by atoms with Gasteiger partial charge < -0.3 is 20.1 Å². The Morgan fingerprint density at radius 2 is 1.50 bits per heavy atom. The van der Waals surface area contributed by atoms with E-state index in [2.05, 4.69) is 10.6 Å². The molecular formula is C20H22Cl2N2O4. The van der Waals surface area contributed by atoms with Gasteiger partial charge in [-0.15, -0.1) is 0 Å². The van der Waals surface area contributed by atoms with Crippen LogP contribution in [0.25, 0.3) is 0 Å². The number of hydrogen-bond donors (Lipinski definition) is 2. The molecule has 0 atom stereocenters. The molecular weight excluding hydrogens is 403 g/mol. The zero-order valence-corrected chi connectivity index (χ0v) is 17.2. The Hall–Kier alpha value is -2.44. The van der Waals surface area contributed by atoms with Crippen molar-refractivity contribution in [3.63, 3.8) is 0 Å². The first-order valence-corrected chi connectivity index (χ1v) is 9.42. The third kappa shape index (κ3) is 7.29. The molecule has 28 heavy (non-hydrogen) atoms. The van der Waals surface area contributed by atoms with Gasteiger partial charge in [0.1, 0.15) is 11.5 Å². The molecule has 0 saturated carbocycles. The highest BCUT2D eigenvalue weighted by Gasteiger charge is 2.07. The number of halogens is 2. The predicted molar refractivity (Wildman–Crippen MR) is 109 cm³/mol. The minimum absolute atomic E-state index is 0.0887. The van der Waals surface area contributed by atoms with Gasteiger partial charge in [-0.1, -0.05) is 29.3 Å². The number of benzene rings is 2. The van der Waals surface area contributed by atoms with Crippen molar-refractivity contribution < 1.29 is 19.1 Å². The minimum Gasteiger partial charge on any atom is -0.484 e. The van der Waals surface area contributed by atoms with E-state index in [1.54, 1.807) is 12.1 Å². The molecule has 0 bridgehead atoms. The highest BCUT2D eigenvalue weighted by atomic mass is 35.5. The zero-order valence-electron chi connectivity index (χ0n) is 15.7. The maximum atomic E-state index is 11.8. The Morgan fingerprint density at radius 3 is 2.11 bits per heavy atom. The van der Waals surface area contributed by atoms with Crippen molar-refractivity contribution in [2.24, 2.45) is 0 Å². The average Bonchev–Trinajstić information content (AvgIpc) is 2.65. The van der Waals surface area contributed by atoms with E-state index >= 15 is 0 Å². The molecule has 0 heterocycles. The summed E-state index contributed by atoms with van der Waals surface area (Å²) >= 11 is 11.8. The SMILES string of the molecule is Cc1ccc(OCC(=O)NCCNC(=O)COc2ccc(Cl)cc2Cl)cc1C. The van der Waals surface area contributed by atoms with Crippen molar-refractivity contribution in [1.29, 1.82) is 0 Å². The molecule has 6 nitrogen and oxygen atoms in total. The van der Waals surface area contributed by atoms with Crippen LogP contribution in [-0.2, 0) is 9.59 Å². The zero-order chi connectivity index (χ0) is 20.5. The second-order valence-corrected chi connectivity index (χ2v) is 6.94. The fraction of sp³-hybridized carbons (Fsp3) is 0.300. The summed E-state index contributed by atoms with van der Waals surface area (Å²) in [7, 11) is 0. The molecule has 0 aliphatic carbocycles. The van der Waals surface area contributed by atoms with Gasteiger partial charge in [0, 0.05) is 18.1 Å². The van der Waals surface area contributed by atoms with E-state index < -0.39 is 0 Å². The van der Waals surface area contributed by atoms with E-state index in [-0.39, 0.29) is 38.1 Å². The summed E-state index contributed by atoms with van der Waals surface area (Å²) in [5, 5.41) is 6.12. The van der Waals surface area contributed by atoms with E-state index in [9.17, 15) is 9.59 Å². The number of aryl methyl sites for hydroxylation is 2. The Bertz CT molecular complexity index is 843. The van der Waals surface area contributed by atoms with Crippen LogP contribution in [0.5, 0.6) is 11.5 Å². The molecule has 0 spiro atoms. The monoisotopic (exact) mass is 424 g/mol. The van der Waals surface area contributed by atoms with Gasteiger partial charge in [-0.3, -0.25) is 9.59 Å². The van der Waals surface area contributed by atoms with Crippen LogP contribution in [0, 0.1) is 13.8 Å². The molecule has 2 aromatic carbocycles. The molecule has 0 saturated heterocycles. The van der Waals surface area contributed by atoms with Crippen LogP contribution in [0.15, 0.2) is 36.4 Å². The van der Waals surface area contributed by atoms with E-state index in [0.717, 1.165) is 11.1 Å². The summed E-state index contributed by atoms with van der Waals surface area (Å²) < 4.78 is 10.8. The summed E-state index contributed by atoms with van der Waals surface area (Å²) in [6.07, 6.45) is 0. The van der Waals surface area contributed by atoms with Crippen LogP contribution in [0.4, 0.5) is 0 Å². The Balaban J connectivity index is 1.60. The first-order chi connectivity index (χ1) is 13.3.